The molecule has 7 heteroatoms. The van der Waals surface area contributed by atoms with Gasteiger partial charge in [0.25, 0.3) is 0 Å². The largest absolute Gasteiger partial charge is 0.309 e. The molecule has 0 aliphatic rings. The Kier molecular flexibility index (Phi) is 8.64. The summed E-state index contributed by atoms with van der Waals surface area (Å²) in [6.45, 7) is 0. The van der Waals surface area contributed by atoms with Gasteiger partial charge in [-0.2, -0.15) is 0 Å². The van der Waals surface area contributed by atoms with E-state index in [1.807, 2.05) is 182 Å². The number of fused-ring (bicyclic) bond motifs is 5. The molecule has 0 aliphatic carbocycles. The number of hydrogen-bond acceptors (Lipinski definition) is 4. The minimum atomic E-state index is -3.23. The van der Waals surface area contributed by atoms with Gasteiger partial charge < -0.3 is 9.13 Å². The third-order valence-electron chi connectivity index (χ3n) is 10.7. The topological polar surface area (TPSA) is 64.3 Å². The number of para-hydroxylation sites is 2. The molecule has 0 saturated carbocycles. The van der Waals surface area contributed by atoms with Crippen LogP contribution in [0.5, 0.6) is 0 Å². The fourth-order valence-corrected chi connectivity index (χ4v) is 13.3. The minimum Gasteiger partial charge on any atom is -0.309 e. The lowest BCUT2D eigenvalue weighted by molar-refractivity contribution is 0.591. The zero-order valence-corrected chi connectivity index (χ0v) is 32.5. The van der Waals surface area contributed by atoms with Crippen molar-refractivity contribution in [1.29, 1.82) is 0 Å². The van der Waals surface area contributed by atoms with E-state index in [0.717, 1.165) is 76.1 Å². The average Bonchev–Trinajstić information content (AvgIpc) is 3.69. The van der Waals surface area contributed by atoms with Crippen molar-refractivity contribution in [2.45, 2.75) is 0 Å². The van der Waals surface area contributed by atoms with Gasteiger partial charge in [-0.3, -0.25) is 4.40 Å². The number of benzene rings is 8. The van der Waals surface area contributed by atoms with Crippen LogP contribution >= 0.6 is 14.3 Å². The first-order valence-electron chi connectivity index (χ1n) is 18.9. The van der Waals surface area contributed by atoms with Gasteiger partial charge in [0.05, 0.1) is 16.6 Å². The van der Waals surface area contributed by atoms with Crippen LogP contribution in [0.2, 0.25) is 0 Å². The second kappa shape index (κ2) is 14.1. The molecule has 0 fully saturated rings. The summed E-state index contributed by atoms with van der Waals surface area (Å²) in [6, 6.07) is 69.4. The average molecular weight is 772 g/mol. The Morgan fingerprint density at radius 2 is 0.789 bits per heavy atom. The third kappa shape index (κ3) is 5.87. The standard InChI is InChI=1S/C50H35N3O2P2/c54-56(39-19-5-1-6-20-39,40-21-7-2-8-22-40)43-27-15-17-36(33-43)37-31-32-46-45(35-37)50-52-47-29-13-14-30-48(47)53(50)49(51-46)38-18-16-28-44(34-38)57(55,41-23-9-3-10-24-41)42-25-11-4-12-26-42/h1-35H. The fourth-order valence-electron chi connectivity index (χ4n) is 7.94. The monoisotopic (exact) mass is 771 g/mol. The summed E-state index contributed by atoms with van der Waals surface area (Å²) in [6.07, 6.45) is 0. The van der Waals surface area contributed by atoms with Gasteiger partial charge in [0, 0.05) is 42.8 Å². The first-order valence-corrected chi connectivity index (χ1v) is 22.3. The quantitative estimate of drug-likeness (QED) is 0.145. The van der Waals surface area contributed by atoms with E-state index in [1.165, 1.54) is 0 Å². The van der Waals surface area contributed by atoms with Crippen LogP contribution in [0.3, 0.4) is 0 Å². The maximum Gasteiger partial charge on any atom is 0.171 e. The van der Waals surface area contributed by atoms with Crippen molar-refractivity contribution < 1.29 is 9.13 Å². The van der Waals surface area contributed by atoms with Crippen LogP contribution in [0.4, 0.5) is 0 Å². The SMILES string of the molecule is O=P(c1ccccc1)(c1ccccc1)c1cccc(-c2ccc3nc(-c4cccc(P(=O)(c5ccccc5)c5ccccc5)c4)n4c5ccccc5nc4c3c2)c1. The first-order chi connectivity index (χ1) is 28.0. The van der Waals surface area contributed by atoms with E-state index in [0.29, 0.717) is 5.82 Å². The summed E-state index contributed by atoms with van der Waals surface area (Å²) >= 11 is 0. The molecule has 2 heterocycles. The van der Waals surface area contributed by atoms with Crippen LogP contribution in [0.1, 0.15) is 0 Å². The molecule has 0 N–H and O–H groups in total. The van der Waals surface area contributed by atoms with E-state index in [2.05, 4.69) is 34.7 Å². The Hall–Kier alpha value is -6.64. The van der Waals surface area contributed by atoms with Crippen molar-refractivity contribution >= 4 is 73.7 Å². The van der Waals surface area contributed by atoms with E-state index < -0.39 is 14.3 Å². The first kappa shape index (κ1) is 34.8. The summed E-state index contributed by atoms with van der Waals surface area (Å²) in [5, 5.41) is 5.53. The van der Waals surface area contributed by atoms with E-state index >= 15 is 9.13 Å². The van der Waals surface area contributed by atoms with Crippen molar-refractivity contribution in [1.82, 2.24) is 14.4 Å². The second-order valence-corrected chi connectivity index (χ2v) is 19.6. The molecular formula is C50H35N3O2P2. The maximum absolute atomic E-state index is 15.4. The zero-order chi connectivity index (χ0) is 38.4. The minimum absolute atomic E-state index is 0.710. The van der Waals surface area contributed by atoms with Crippen molar-refractivity contribution in [3.05, 3.63) is 212 Å². The van der Waals surface area contributed by atoms with Gasteiger partial charge in [0.15, 0.2) is 14.3 Å². The summed E-state index contributed by atoms with van der Waals surface area (Å²) in [7, 11) is -6.41. The van der Waals surface area contributed by atoms with Crippen LogP contribution in [0, 0.1) is 0 Å². The van der Waals surface area contributed by atoms with Gasteiger partial charge in [-0.1, -0.05) is 176 Å². The van der Waals surface area contributed by atoms with E-state index in [9.17, 15) is 0 Å². The Morgan fingerprint density at radius 1 is 0.351 bits per heavy atom. The Bertz CT molecular complexity index is 3100. The summed E-state index contributed by atoms with van der Waals surface area (Å²) in [5.74, 6) is 0.710. The molecule has 10 rings (SSSR count). The van der Waals surface area contributed by atoms with Crippen molar-refractivity contribution in [2.24, 2.45) is 0 Å². The lowest BCUT2D eigenvalue weighted by atomic mass is 10.0. The number of rotatable bonds is 8. The molecule has 0 saturated heterocycles. The highest BCUT2D eigenvalue weighted by Gasteiger charge is 2.31. The molecule has 0 bridgehead atoms. The van der Waals surface area contributed by atoms with Crippen molar-refractivity contribution in [3.8, 4) is 22.5 Å². The normalized spacial score (nSPS) is 12.0. The van der Waals surface area contributed by atoms with Gasteiger partial charge in [-0.05, 0) is 47.5 Å². The lowest BCUT2D eigenvalue weighted by Crippen LogP contribution is -2.25. The number of nitrogens with zero attached hydrogens (tertiary/aromatic N) is 3. The van der Waals surface area contributed by atoms with Gasteiger partial charge in [0.2, 0.25) is 0 Å². The fraction of sp³-hybridized carbons (Fsp3) is 0. The summed E-state index contributed by atoms with van der Waals surface area (Å²) < 4.78 is 32.8. The molecule has 0 radical (unpaired) electrons. The van der Waals surface area contributed by atoms with Crippen LogP contribution < -0.4 is 31.8 Å². The molecule has 0 aliphatic heterocycles. The number of imidazole rings is 1. The van der Waals surface area contributed by atoms with E-state index in [4.69, 9.17) is 9.97 Å². The zero-order valence-electron chi connectivity index (χ0n) is 30.8. The number of aromatic nitrogens is 3. The predicted molar refractivity (Wildman–Crippen MR) is 238 cm³/mol. The van der Waals surface area contributed by atoms with E-state index in [-0.39, 0.29) is 0 Å². The van der Waals surface area contributed by atoms with Gasteiger partial charge in [0.1, 0.15) is 11.5 Å². The summed E-state index contributed by atoms with van der Waals surface area (Å²) in [5.41, 5.74) is 6.08. The third-order valence-corrected chi connectivity index (χ3v) is 16.8. The van der Waals surface area contributed by atoms with Gasteiger partial charge in [-0.15, -0.1) is 0 Å². The van der Waals surface area contributed by atoms with E-state index in [1.54, 1.807) is 0 Å². The lowest BCUT2D eigenvalue weighted by Gasteiger charge is -2.21. The van der Waals surface area contributed by atoms with Crippen LogP contribution in [0.25, 0.3) is 50.1 Å². The van der Waals surface area contributed by atoms with Crippen LogP contribution in [0.15, 0.2) is 212 Å². The molecule has 272 valence electrons. The summed E-state index contributed by atoms with van der Waals surface area (Å²) in [4.78, 5) is 10.5. The molecule has 10 aromatic rings. The molecule has 8 aromatic carbocycles. The molecule has 5 nitrogen and oxygen atoms in total. The highest BCUT2D eigenvalue weighted by atomic mass is 31.2. The van der Waals surface area contributed by atoms with Crippen LogP contribution in [-0.4, -0.2) is 14.4 Å². The molecule has 0 spiro atoms. The van der Waals surface area contributed by atoms with Gasteiger partial charge in [-0.25, -0.2) is 9.97 Å². The molecule has 0 atom stereocenters. The van der Waals surface area contributed by atoms with Crippen molar-refractivity contribution in [3.63, 3.8) is 0 Å². The highest BCUT2D eigenvalue weighted by molar-refractivity contribution is 7.85. The smallest absolute Gasteiger partial charge is 0.171 e. The maximum atomic E-state index is 15.4. The molecule has 2 aromatic heterocycles. The predicted octanol–water partition coefficient (Wildman–Crippen LogP) is 9.65. The Labute approximate surface area is 330 Å². The molecule has 0 amide bonds. The van der Waals surface area contributed by atoms with Crippen molar-refractivity contribution in [2.75, 3.05) is 0 Å². The van der Waals surface area contributed by atoms with Gasteiger partial charge >= 0.3 is 0 Å². The molecule has 57 heavy (non-hydrogen) atoms. The molecule has 0 unspecified atom stereocenters. The Morgan fingerprint density at radius 3 is 1.33 bits per heavy atom. The Balaban J connectivity index is 1.15. The molecular weight excluding hydrogens is 737 g/mol. The second-order valence-electron chi connectivity index (χ2n) is 14.1. The number of hydrogen-bond donors (Lipinski definition) is 0. The highest BCUT2D eigenvalue weighted by Crippen LogP contribution is 2.44. The van der Waals surface area contributed by atoms with Crippen LogP contribution in [-0.2, 0) is 9.13 Å².